The van der Waals surface area contributed by atoms with E-state index in [-0.39, 0.29) is 5.82 Å². The third-order valence-corrected chi connectivity index (χ3v) is 3.14. The maximum absolute atomic E-state index is 13.7. The molecule has 0 aliphatic heterocycles. The Bertz CT molecular complexity index is 516. The smallest absolute Gasteiger partial charge is 0.147 e. The first-order valence-corrected chi connectivity index (χ1v) is 5.66. The van der Waals surface area contributed by atoms with Crippen LogP contribution < -0.4 is 0 Å². The van der Waals surface area contributed by atoms with Crippen molar-refractivity contribution in [1.29, 1.82) is 0 Å². The lowest BCUT2D eigenvalue weighted by Gasteiger charge is -2.14. The Morgan fingerprint density at radius 1 is 1.12 bits per heavy atom. The average Bonchev–Trinajstić information content (AvgIpc) is 2.74. The summed E-state index contributed by atoms with van der Waals surface area (Å²) in [5, 5.41) is 0. The summed E-state index contributed by atoms with van der Waals surface area (Å²) in [6.07, 6.45) is 6.14. The zero-order valence-corrected chi connectivity index (χ0v) is 8.99. The largest absolute Gasteiger partial charge is 0.300 e. The van der Waals surface area contributed by atoms with Gasteiger partial charge in [0.05, 0.1) is 17.7 Å². The molecule has 0 spiro atoms. The fourth-order valence-electron chi connectivity index (χ4n) is 2.32. The van der Waals surface area contributed by atoms with E-state index >= 15 is 0 Å². The molecule has 3 rings (SSSR count). The van der Waals surface area contributed by atoms with Crippen LogP contribution in [0.5, 0.6) is 0 Å². The van der Waals surface area contributed by atoms with E-state index in [4.69, 9.17) is 0 Å². The van der Waals surface area contributed by atoms with Crippen molar-refractivity contribution in [3.05, 3.63) is 47.8 Å². The van der Waals surface area contributed by atoms with Gasteiger partial charge in [0.1, 0.15) is 5.82 Å². The normalized spacial score (nSPS) is 14.8. The Balaban J connectivity index is 2.13. The minimum Gasteiger partial charge on any atom is -0.300 e. The lowest BCUT2D eigenvalue weighted by Crippen LogP contribution is -2.07. The van der Waals surface area contributed by atoms with Gasteiger partial charge in [-0.2, -0.15) is 0 Å². The molecule has 0 saturated carbocycles. The summed E-state index contributed by atoms with van der Waals surface area (Å²) >= 11 is 0. The van der Waals surface area contributed by atoms with E-state index < -0.39 is 0 Å². The number of imidazole rings is 1. The van der Waals surface area contributed by atoms with Gasteiger partial charge in [-0.05, 0) is 37.8 Å². The average molecular weight is 216 g/mol. The van der Waals surface area contributed by atoms with Gasteiger partial charge in [0, 0.05) is 5.69 Å². The third kappa shape index (κ3) is 1.43. The number of nitrogens with zero attached hydrogens (tertiary/aromatic N) is 2. The molecule has 0 bridgehead atoms. The van der Waals surface area contributed by atoms with Crippen molar-refractivity contribution in [2.45, 2.75) is 25.7 Å². The number of halogens is 1. The van der Waals surface area contributed by atoms with Crippen LogP contribution in [0.15, 0.2) is 30.6 Å². The molecule has 82 valence electrons. The molecule has 1 aliphatic rings. The Morgan fingerprint density at radius 2 is 1.94 bits per heavy atom. The van der Waals surface area contributed by atoms with Crippen LogP contribution in [-0.2, 0) is 12.8 Å². The summed E-state index contributed by atoms with van der Waals surface area (Å²) in [6, 6.07) is 6.85. The predicted molar refractivity (Wildman–Crippen MR) is 60.2 cm³/mol. The van der Waals surface area contributed by atoms with Gasteiger partial charge in [0.25, 0.3) is 0 Å². The second-order valence-corrected chi connectivity index (χ2v) is 4.17. The van der Waals surface area contributed by atoms with Crippen molar-refractivity contribution >= 4 is 0 Å². The highest BCUT2D eigenvalue weighted by Crippen LogP contribution is 2.24. The summed E-state index contributed by atoms with van der Waals surface area (Å²) in [5.74, 6) is -0.187. The van der Waals surface area contributed by atoms with Crippen molar-refractivity contribution in [2.24, 2.45) is 0 Å². The molecule has 0 N–H and O–H groups in total. The summed E-state index contributed by atoms with van der Waals surface area (Å²) < 4.78 is 15.6. The standard InChI is InChI=1S/C13H13FN2/c14-10-5-1-3-7-12(10)16-9-15-11-6-2-4-8-13(11)16/h1,3,5,7,9H,2,4,6,8H2. The lowest BCUT2D eigenvalue weighted by atomic mass is 10.0. The van der Waals surface area contributed by atoms with E-state index in [9.17, 15) is 4.39 Å². The monoisotopic (exact) mass is 216 g/mol. The highest BCUT2D eigenvalue weighted by molar-refractivity contribution is 5.37. The van der Waals surface area contributed by atoms with Crippen LogP contribution in [0.3, 0.4) is 0 Å². The predicted octanol–water partition coefficient (Wildman–Crippen LogP) is 2.89. The second-order valence-electron chi connectivity index (χ2n) is 4.17. The number of hydrogen-bond acceptors (Lipinski definition) is 1. The van der Waals surface area contributed by atoms with Crippen molar-refractivity contribution < 1.29 is 4.39 Å². The molecule has 0 unspecified atom stereocenters. The molecule has 0 atom stereocenters. The molecular formula is C13H13FN2. The molecule has 0 radical (unpaired) electrons. The molecule has 0 amide bonds. The molecule has 1 heterocycles. The van der Waals surface area contributed by atoms with E-state index in [0.29, 0.717) is 5.69 Å². The van der Waals surface area contributed by atoms with Gasteiger partial charge in [-0.3, -0.25) is 0 Å². The molecule has 1 aromatic carbocycles. The van der Waals surface area contributed by atoms with Crippen LogP contribution in [0.25, 0.3) is 5.69 Å². The van der Waals surface area contributed by atoms with Crippen molar-refractivity contribution in [2.75, 3.05) is 0 Å². The molecule has 3 heteroatoms. The van der Waals surface area contributed by atoms with Crippen LogP contribution >= 0.6 is 0 Å². The van der Waals surface area contributed by atoms with Crippen molar-refractivity contribution in [3.8, 4) is 5.69 Å². The first kappa shape index (κ1) is 9.58. The highest BCUT2D eigenvalue weighted by Gasteiger charge is 2.17. The molecule has 0 saturated heterocycles. The molecule has 2 aromatic rings. The summed E-state index contributed by atoms with van der Waals surface area (Å²) in [5.41, 5.74) is 2.92. The van der Waals surface area contributed by atoms with Crippen LogP contribution in [0, 0.1) is 5.82 Å². The quantitative estimate of drug-likeness (QED) is 0.716. The zero-order chi connectivity index (χ0) is 11.0. The first-order chi connectivity index (χ1) is 7.86. The number of benzene rings is 1. The summed E-state index contributed by atoms with van der Waals surface area (Å²) in [6.45, 7) is 0. The van der Waals surface area contributed by atoms with Gasteiger partial charge < -0.3 is 4.57 Å². The van der Waals surface area contributed by atoms with Gasteiger partial charge in [0.2, 0.25) is 0 Å². The molecule has 1 aromatic heterocycles. The van der Waals surface area contributed by atoms with Gasteiger partial charge in [0.15, 0.2) is 0 Å². The van der Waals surface area contributed by atoms with Gasteiger partial charge >= 0.3 is 0 Å². The lowest BCUT2D eigenvalue weighted by molar-refractivity contribution is 0.608. The van der Waals surface area contributed by atoms with E-state index in [0.717, 1.165) is 18.5 Å². The van der Waals surface area contributed by atoms with Gasteiger partial charge in [-0.1, -0.05) is 12.1 Å². The maximum atomic E-state index is 13.7. The van der Waals surface area contributed by atoms with Crippen molar-refractivity contribution in [3.63, 3.8) is 0 Å². The third-order valence-electron chi connectivity index (χ3n) is 3.14. The molecule has 1 aliphatic carbocycles. The fourth-order valence-corrected chi connectivity index (χ4v) is 2.32. The topological polar surface area (TPSA) is 17.8 Å². The maximum Gasteiger partial charge on any atom is 0.147 e. The Morgan fingerprint density at radius 3 is 2.81 bits per heavy atom. The number of aromatic nitrogens is 2. The molecule has 2 nitrogen and oxygen atoms in total. The minimum absolute atomic E-state index is 0.187. The number of hydrogen-bond donors (Lipinski definition) is 0. The number of fused-ring (bicyclic) bond motifs is 1. The van der Waals surface area contributed by atoms with Crippen LogP contribution in [-0.4, -0.2) is 9.55 Å². The van der Waals surface area contributed by atoms with Crippen molar-refractivity contribution in [1.82, 2.24) is 9.55 Å². The molecule has 16 heavy (non-hydrogen) atoms. The van der Waals surface area contributed by atoms with Crippen LogP contribution in [0.1, 0.15) is 24.2 Å². The van der Waals surface area contributed by atoms with E-state index in [1.54, 1.807) is 18.5 Å². The number of para-hydroxylation sites is 1. The van der Waals surface area contributed by atoms with Gasteiger partial charge in [-0.15, -0.1) is 0 Å². The number of rotatable bonds is 1. The minimum atomic E-state index is -0.187. The Kier molecular flexibility index (Phi) is 2.24. The summed E-state index contributed by atoms with van der Waals surface area (Å²) in [4.78, 5) is 4.37. The highest BCUT2D eigenvalue weighted by atomic mass is 19.1. The Labute approximate surface area is 93.7 Å². The SMILES string of the molecule is Fc1ccccc1-n1cnc2c1CCCC2. The number of aryl methyl sites for hydroxylation is 1. The van der Waals surface area contributed by atoms with Crippen LogP contribution in [0.4, 0.5) is 4.39 Å². The fraction of sp³-hybridized carbons (Fsp3) is 0.308. The first-order valence-electron chi connectivity index (χ1n) is 5.66. The second kappa shape index (κ2) is 3.74. The zero-order valence-electron chi connectivity index (χ0n) is 8.99. The van der Waals surface area contributed by atoms with Crippen LogP contribution in [0.2, 0.25) is 0 Å². The van der Waals surface area contributed by atoms with Gasteiger partial charge in [-0.25, -0.2) is 9.37 Å². The summed E-state index contributed by atoms with van der Waals surface area (Å²) in [7, 11) is 0. The van der Waals surface area contributed by atoms with E-state index in [1.165, 1.54) is 24.6 Å². The molecular weight excluding hydrogens is 203 g/mol. The Hall–Kier alpha value is -1.64. The van der Waals surface area contributed by atoms with E-state index in [2.05, 4.69) is 4.98 Å². The molecule has 0 fully saturated rings. The van der Waals surface area contributed by atoms with E-state index in [1.807, 2.05) is 10.6 Å².